The van der Waals surface area contributed by atoms with Gasteiger partial charge in [-0.3, -0.25) is 9.89 Å². The van der Waals surface area contributed by atoms with Crippen molar-refractivity contribution < 1.29 is 13.5 Å². The van der Waals surface area contributed by atoms with Crippen molar-refractivity contribution in [1.82, 2.24) is 15.1 Å². The zero-order valence-electron chi connectivity index (χ0n) is 17.8. The highest BCUT2D eigenvalue weighted by molar-refractivity contribution is 5.80. The minimum absolute atomic E-state index is 0.0480. The van der Waals surface area contributed by atoms with Gasteiger partial charge in [0.05, 0.1) is 25.0 Å². The van der Waals surface area contributed by atoms with Gasteiger partial charge in [-0.25, -0.2) is 4.39 Å². The summed E-state index contributed by atoms with van der Waals surface area (Å²) in [4.78, 5) is 9.24. The van der Waals surface area contributed by atoms with E-state index >= 15 is 0 Å². The molecule has 7 heteroatoms. The third-order valence-electron chi connectivity index (χ3n) is 5.92. The number of hydrogen-bond donors (Lipinski definition) is 1. The van der Waals surface area contributed by atoms with Gasteiger partial charge in [0.15, 0.2) is 5.96 Å². The number of nitrogens with one attached hydrogen (secondary N) is 1. The van der Waals surface area contributed by atoms with Crippen molar-refractivity contribution in [3.8, 4) is 0 Å². The monoisotopic (exact) mass is 414 g/mol. The molecule has 162 valence electrons. The second-order valence-corrected chi connectivity index (χ2v) is 8.09. The van der Waals surface area contributed by atoms with Crippen LogP contribution in [0.1, 0.15) is 43.2 Å². The Labute approximate surface area is 177 Å². The molecule has 0 spiro atoms. The molecule has 0 aliphatic carbocycles. The molecule has 30 heavy (non-hydrogen) atoms. The van der Waals surface area contributed by atoms with Crippen LogP contribution in [0.5, 0.6) is 0 Å². The fourth-order valence-corrected chi connectivity index (χ4v) is 4.45. The Morgan fingerprint density at radius 3 is 2.63 bits per heavy atom. The maximum absolute atomic E-state index is 13.3. The van der Waals surface area contributed by atoms with E-state index in [0.29, 0.717) is 6.54 Å². The number of hydrogen-bond acceptors (Lipinski definition) is 4. The quantitative estimate of drug-likeness (QED) is 0.599. The van der Waals surface area contributed by atoms with Gasteiger partial charge >= 0.3 is 0 Å². The van der Waals surface area contributed by atoms with E-state index in [-0.39, 0.29) is 24.1 Å². The zero-order valence-corrected chi connectivity index (χ0v) is 17.8. The highest BCUT2D eigenvalue weighted by Gasteiger charge is 2.30. The van der Waals surface area contributed by atoms with Crippen molar-refractivity contribution in [2.45, 2.75) is 38.0 Å². The summed E-state index contributed by atoms with van der Waals surface area (Å²) in [7, 11) is 1.81. The predicted molar refractivity (Wildman–Crippen MR) is 115 cm³/mol. The van der Waals surface area contributed by atoms with E-state index in [4.69, 9.17) is 9.15 Å². The first-order valence-electron chi connectivity index (χ1n) is 10.8. The molecular formula is C23H31FN4O2. The van der Waals surface area contributed by atoms with Crippen molar-refractivity contribution >= 4 is 5.96 Å². The lowest BCUT2D eigenvalue weighted by molar-refractivity contribution is -0.0605. The second kappa shape index (κ2) is 9.62. The number of aliphatic imine (C=N–C) groups is 1. The number of rotatable bonds is 5. The number of furan rings is 1. The molecule has 3 unspecified atom stereocenters. The van der Waals surface area contributed by atoms with Crippen molar-refractivity contribution in [2.75, 3.05) is 39.8 Å². The molecule has 0 amide bonds. The van der Waals surface area contributed by atoms with Crippen LogP contribution in [-0.2, 0) is 4.74 Å². The average Bonchev–Trinajstić information content (AvgIpc) is 3.46. The van der Waals surface area contributed by atoms with E-state index in [0.717, 1.165) is 43.5 Å². The van der Waals surface area contributed by atoms with Crippen LogP contribution in [0.4, 0.5) is 4.39 Å². The van der Waals surface area contributed by atoms with Gasteiger partial charge in [-0.15, -0.1) is 0 Å². The van der Waals surface area contributed by atoms with E-state index in [1.54, 1.807) is 18.4 Å². The third-order valence-corrected chi connectivity index (χ3v) is 5.92. The normalized spacial score (nSPS) is 24.2. The molecule has 0 saturated carbocycles. The number of guanidine groups is 1. The van der Waals surface area contributed by atoms with Crippen LogP contribution in [0, 0.1) is 5.82 Å². The van der Waals surface area contributed by atoms with Gasteiger partial charge in [0.1, 0.15) is 17.7 Å². The average molecular weight is 415 g/mol. The molecule has 3 atom stereocenters. The van der Waals surface area contributed by atoms with Gasteiger partial charge in [-0.1, -0.05) is 12.1 Å². The van der Waals surface area contributed by atoms with Gasteiger partial charge in [0, 0.05) is 20.1 Å². The van der Waals surface area contributed by atoms with Crippen LogP contribution in [0.15, 0.2) is 52.1 Å². The van der Waals surface area contributed by atoms with E-state index in [9.17, 15) is 4.39 Å². The Morgan fingerprint density at radius 1 is 1.20 bits per heavy atom. The lowest BCUT2D eigenvalue weighted by Crippen LogP contribution is -2.52. The molecule has 2 aliphatic heterocycles. The Balaban J connectivity index is 1.44. The Kier molecular flexibility index (Phi) is 6.69. The number of benzene rings is 1. The first-order chi connectivity index (χ1) is 14.6. The van der Waals surface area contributed by atoms with E-state index in [2.05, 4.69) is 33.1 Å². The molecular weight excluding hydrogens is 383 g/mol. The molecule has 2 fully saturated rings. The maximum atomic E-state index is 13.3. The maximum Gasteiger partial charge on any atom is 0.193 e. The van der Waals surface area contributed by atoms with Gasteiger partial charge in [-0.05, 0) is 62.7 Å². The summed E-state index contributed by atoms with van der Waals surface area (Å²) in [5, 5.41) is 3.56. The topological polar surface area (TPSA) is 53.2 Å². The smallest absolute Gasteiger partial charge is 0.193 e. The summed E-state index contributed by atoms with van der Waals surface area (Å²) in [6.07, 6.45) is 4.13. The van der Waals surface area contributed by atoms with Gasteiger partial charge in [-0.2, -0.15) is 0 Å². The van der Waals surface area contributed by atoms with Gasteiger partial charge in [0.25, 0.3) is 0 Å². The zero-order chi connectivity index (χ0) is 20.9. The SMILES string of the molecule is CN=C(NCC(c1ccco1)N1CCCC1)N1CC(C)OC(c2ccc(F)cc2)C1. The van der Waals surface area contributed by atoms with E-state index < -0.39 is 0 Å². The summed E-state index contributed by atoms with van der Waals surface area (Å²) >= 11 is 0. The molecule has 1 aromatic carbocycles. The fraction of sp³-hybridized carbons (Fsp3) is 0.522. The van der Waals surface area contributed by atoms with Gasteiger partial charge < -0.3 is 19.4 Å². The first kappa shape index (κ1) is 20.9. The standard InChI is InChI=1S/C23H31FN4O2/c1-17-15-28(16-22(30-17)18-7-9-19(24)10-8-18)23(25-2)26-14-20(21-6-5-13-29-21)27-11-3-4-12-27/h5-10,13,17,20,22H,3-4,11-12,14-16H2,1-2H3,(H,25,26). The molecule has 0 radical (unpaired) electrons. The molecule has 2 aromatic rings. The third kappa shape index (κ3) is 4.84. The summed E-state index contributed by atoms with van der Waals surface area (Å²) < 4.78 is 25.2. The van der Waals surface area contributed by atoms with E-state index in [1.165, 1.54) is 25.0 Å². The Morgan fingerprint density at radius 2 is 1.97 bits per heavy atom. The number of halogens is 1. The van der Waals surface area contributed by atoms with Crippen molar-refractivity contribution in [3.63, 3.8) is 0 Å². The number of ether oxygens (including phenoxy) is 1. The molecule has 4 rings (SSSR count). The largest absolute Gasteiger partial charge is 0.468 e. The number of morpholine rings is 1. The number of likely N-dealkylation sites (tertiary alicyclic amines) is 1. The van der Waals surface area contributed by atoms with Crippen LogP contribution in [0.25, 0.3) is 0 Å². The summed E-state index contributed by atoms with van der Waals surface area (Å²) in [6.45, 7) is 6.40. The Hall–Kier alpha value is -2.38. The van der Waals surface area contributed by atoms with Crippen LogP contribution in [-0.4, -0.2) is 61.6 Å². The van der Waals surface area contributed by atoms with Gasteiger partial charge in [0.2, 0.25) is 0 Å². The van der Waals surface area contributed by atoms with Crippen LogP contribution >= 0.6 is 0 Å². The highest BCUT2D eigenvalue weighted by atomic mass is 19.1. The summed E-state index contributed by atoms with van der Waals surface area (Å²) in [5.41, 5.74) is 0.980. The summed E-state index contributed by atoms with van der Waals surface area (Å²) in [5.74, 6) is 1.61. The van der Waals surface area contributed by atoms with Crippen molar-refractivity contribution in [2.24, 2.45) is 4.99 Å². The Bertz CT molecular complexity index is 818. The lowest BCUT2D eigenvalue weighted by atomic mass is 10.1. The molecule has 1 aromatic heterocycles. The van der Waals surface area contributed by atoms with Crippen LogP contribution in [0.2, 0.25) is 0 Å². The second-order valence-electron chi connectivity index (χ2n) is 8.09. The predicted octanol–water partition coefficient (Wildman–Crippen LogP) is 3.59. The molecule has 2 aliphatic rings. The van der Waals surface area contributed by atoms with Crippen LogP contribution in [0.3, 0.4) is 0 Å². The van der Waals surface area contributed by atoms with Crippen LogP contribution < -0.4 is 5.32 Å². The minimum atomic E-state index is -0.233. The van der Waals surface area contributed by atoms with E-state index in [1.807, 2.05) is 13.1 Å². The molecule has 3 heterocycles. The highest BCUT2D eigenvalue weighted by Crippen LogP contribution is 2.27. The fourth-order valence-electron chi connectivity index (χ4n) is 4.45. The summed E-state index contributed by atoms with van der Waals surface area (Å²) in [6, 6.07) is 10.8. The lowest BCUT2D eigenvalue weighted by Gasteiger charge is -2.39. The molecule has 6 nitrogen and oxygen atoms in total. The number of nitrogens with zero attached hydrogens (tertiary/aromatic N) is 3. The van der Waals surface area contributed by atoms with Crippen molar-refractivity contribution in [1.29, 1.82) is 0 Å². The minimum Gasteiger partial charge on any atom is -0.468 e. The molecule has 1 N–H and O–H groups in total. The molecule has 2 saturated heterocycles. The molecule has 0 bridgehead atoms. The first-order valence-corrected chi connectivity index (χ1v) is 10.8. The van der Waals surface area contributed by atoms with Crippen molar-refractivity contribution in [3.05, 3.63) is 59.8 Å².